The Morgan fingerprint density at radius 3 is 2.20 bits per heavy atom. The van der Waals surface area contributed by atoms with E-state index < -0.39 is 0 Å². The topological polar surface area (TPSA) is 0 Å². The summed E-state index contributed by atoms with van der Waals surface area (Å²) in [4.78, 5) is 1.56. The van der Waals surface area contributed by atoms with Gasteiger partial charge in [-0.25, -0.2) is 0 Å². The third-order valence-electron chi connectivity index (χ3n) is 2.86. The lowest BCUT2D eigenvalue weighted by molar-refractivity contribution is 0.576. The fourth-order valence-electron chi connectivity index (χ4n) is 1.89. The van der Waals surface area contributed by atoms with Crippen molar-refractivity contribution in [2.75, 3.05) is 0 Å². The number of unbranched alkanes of at least 4 members (excludes halogenated alkanes) is 7. The van der Waals surface area contributed by atoms with Crippen molar-refractivity contribution in [2.45, 2.75) is 64.7 Å². The van der Waals surface area contributed by atoms with Crippen molar-refractivity contribution in [3.63, 3.8) is 0 Å². The lowest BCUT2D eigenvalue weighted by Gasteiger charge is -2.00. The number of rotatable bonds is 9. The van der Waals surface area contributed by atoms with Crippen LogP contribution in [-0.4, -0.2) is 0 Å². The molecule has 0 aliphatic carbocycles. The highest BCUT2D eigenvalue weighted by Crippen LogP contribution is 2.14. The minimum atomic E-state index is 1.30. The maximum atomic E-state index is 2.28. The average Bonchev–Trinajstić information content (AvgIpc) is 2.75. The van der Waals surface area contributed by atoms with Crippen LogP contribution in [0.5, 0.6) is 0 Å². The Morgan fingerprint density at radius 2 is 1.60 bits per heavy atom. The maximum Gasteiger partial charge on any atom is 0.00452 e. The van der Waals surface area contributed by atoms with Crippen molar-refractivity contribution in [3.05, 3.63) is 22.4 Å². The van der Waals surface area contributed by atoms with Gasteiger partial charge in [-0.3, -0.25) is 0 Å². The van der Waals surface area contributed by atoms with Crippen LogP contribution in [0.4, 0.5) is 0 Å². The molecule has 15 heavy (non-hydrogen) atoms. The highest BCUT2D eigenvalue weighted by Gasteiger charge is 1.94. The Bertz CT molecular complexity index is 213. The summed E-state index contributed by atoms with van der Waals surface area (Å²) in [6.45, 7) is 2.28. The molecule has 0 aliphatic heterocycles. The van der Waals surface area contributed by atoms with Gasteiger partial charge in [0.1, 0.15) is 0 Å². The summed E-state index contributed by atoms with van der Waals surface area (Å²) in [6.07, 6.45) is 12.7. The van der Waals surface area contributed by atoms with Gasteiger partial charge in [0.2, 0.25) is 0 Å². The fourth-order valence-corrected chi connectivity index (χ4v) is 2.64. The van der Waals surface area contributed by atoms with Crippen LogP contribution >= 0.6 is 11.3 Å². The number of hydrogen-bond donors (Lipinski definition) is 0. The summed E-state index contributed by atoms with van der Waals surface area (Å²) in [5, 5.41) is 2.18. The van der Waals surface area contributed by atoms with Crippen LogP contribution in [-0.2, 0) is 6.42 Å². The second-order valence-electron chi connectivity index (χ2n) is 4.30. The molecule has 0 fully saturated rings. The maximum absolute atomic E-state index is 2.28. The van der Waals surface area contributed by atoms with Crippen molar-refractivity contribution in [1.29, 1.82) is 0 Å². The smallest absolute Gasteiger partial charge is 0.00452 e. The number of aryl methyl sites for hydroxylation is 1. The van der Waals surface area contributed by atoms with Gasteiger partial charge in [-0.1, -0.05) is 57.9 Å². The Kier molecular flexibility index (Phi) is 7.63. The quantitative estimate of drug-likeness (QED) is 0.490. The van der Waals surface area contributed by atoms with Gasteiger partial charge in [0.25, 0.3) is 0 Å². The van der Waals surface area contributed by atoms with Crippen LogP contribution in [0.15, 0.2) is 17.5 Å². The molecule has 1 aromatic rings. The van der Waals surface area contributed by atoms with Crippen molar-refractivity contribution in [3.8, 4) is 0 Å². The van der Waals surface area contributed by atoms with E-state index in [2.05, 4.69) is 24.4 Å². The van der Waals surface area contributed by atoms with E-state index in [-0.39, 0.29) is 0 Å². The molecular formula is C14H24S. The molecule has 0 saturated carbocycles. The molecule has 0 bridgehead atoms. The molecule has 0 atom stereocenters. The molecule has 1 heterocycles. The molecule has 0 aliphatic rings. The van der Waals surface area contributed by atoms with Gasteiger partial charge in [-0.05, 0) is 24.3 Å². The van der Waals surface area contributed by atoms with Gasteiger partial charge in [0.15, 0.2) is 0 Å². The van der Waals surface area contributed by atoms with E-state index in [1.807, 2.05) is 11.3 Å². The molecule has 0 nitrogen and oxygen atoms in total. The standard InChI is InChI=1S/C14H24S/c1-2-3-4-5-6-7-8-9-11-14-12-10-13-15-14/h10,12-13H,2-9,11H2,1H3. The first-order chi connectivity index (χ1) is 7.43. The van der Waals surface area contributed by atoms with Gasteiger partial charge < -0.3 is 0 Å². The van der Waals surface area contributed by atoms with Gasteiger partial charge in [-0.15, -0.1) is 11.3 Å². The Balaban J connectivity index is 1.81. The van der Waals surface area contributed by atoms with Crippen LogP contribution in [0.1, 0.15) is 63.2 Å². The SMILES string of the molecule is CCCCCCCCCCc1cccs1. The molecular weight excluding hydrogens is 200 g/mol. The Hall–Kier alpha value is -0.300. The zero-order valence-electron chi connectivity index (χ0n) is 10.0. The van der Waals surface area contributed by atoms with E-state index >= 15 is 0 Å². The molecule has 0 aromatic carbocycles. The predicted octanol–water partition coefficient (Wildman–Crippen LogP) is 5.43. The molecule has 0 radical (unpaired) electrons. The Morgan fingerprint density at radius 1 is 0.933 bits per heavy atom. The van der Waals surface area contributed by atoms with Crippen LogP contribution in [0.25, 0.3) is 0 Å². The van der Waals surface area contributed by atoms with Crippen molar-refractivity contribution in [1.82, 2.24) is 0 Å². The van der Waals surface area contributed by atoms with Gasteiger partial charge in [0.05, 0.1) is 0 Å². The summed E-state index contributed by atoms with van der Waals surface area (Å²) in [6, 6.07) is 4.41. The number of hydrogen-bond acceptors (Lipinski definition) is 1. The zero-order valence-corrected chi connectivity index (χ0v) is 10.8. The highest BCUT2D eigenvalue weighted by molar-refractivity contribution is 7.09. The second-order valence-corrected chi connectivity index (χ2v) is 5.34. The van der Waals surface area contributed by atoms with Crippen molar-refractivity contribution in [2.24, 2.45) is 0 Å². The highest BCUT2D eigenvalue weighted by atomic mass is 32.1. The van der Waals surface area contributed by atoms with Gasteiger partial charge >= 0.3 is 0 Å². The summed E-state index contributed by atoms with van der Waals surface area (Å²) in [5.41, 5.74) is 0. The third kappa shape index (κ3) is 6.72. The van der Waals surface area contributed by atoms with E-state index in [0.29, 0.717) is 0 Å². The second kappa shape index (κ2) is 8.96. The van der Waals surface area contributed by atoms with E-state index in [1.165, 1.54) is 57.8 Å². The van der Waals surface area contributed by atoms with Crippen molar-refractivity contribution >= 4 is 11.3 Å². The summed E-state index contributed by atoms with van der Waals surface area (Å²) in [5.74, 6) is 0. The predicted molar refractivity (Wildman–Crippen MR) is 70.6 cm³/mol. The first-order valence-corrected chi connectivity index (χ1v) is 7.34. The first kappa shape index (κ1) is 12.8. The Labute approximate surface area is 98.7 Å². The minimum absolute atomic E-state index is 1.30. The molecule has 1 heteroatoms. The van der Waals surface area contributed by atoms with Crippen LogP contribution in [0, 0.1) is 0 Å². The fraction of sp³-hybridized carbons (Fsp3) is 0.714. The molecule has 0 unspecified atom stereocenters. The summed E-state index contributed by atoms with van der Waals surface area (Å²) in [7, 11) is 0. The summed E-state index contributed by atoms with van der Waals surface area (Å²) < 4.78 is 0. The number of thiophene rings is 1. The molecule has 0 N–H and O–H groups in total. The normalized spacial score (nSPS) is 10.7. The first-order valence-electron chi connectivity index (χ1n) is 6.46. The van der Waals surface area contributed by atoms with Gasteiger partial charge in [0, 0.05) is 4.88 Å². The lowest BCUT2D eigenvalue weighted by Crippen LogP contribution is -1.83. The minimum Gasteiger partial charge on any atom is -0.149 e. The van der Waals surface area contributed by atoms with E-state index in [9.17, 15) is 0 Å². The van der Waals surface area contributed by atoms with Gasteiger partial charge in [-0.2, -0.15) is 0 Å². The molecule has 1 aromatic heterocycles. The molecule has 86 valence electrons. The largest absolute Gasteiger partial charge is 0.149 e. The van der Waals surface area contributed by atoms with Crippen LogP contribution in [0.3, 0.4) is 0 Å². The van der Waals surface area contributed by atoms with Crippen LogP contribution in [0.2, 0.25) is 0 Å². The zero-order chi connectivity index (χ0) is 10.8. The van der Waals surface area contributed by atoms with E-state index in [4.69, 9.17) is 0 Å². The monoisotopic (exact) mass is 224 g/mol. The molecule has 0 saturated heterocycles. The van der Waals surface area contributed by atoms with E-state index in [0.717, 1.165) is 0 Å². The van der Waals surface area contributed by atoms with Crippen LogP contribution < -0.4 is 0 Å². The third-order valence-corrected chi connectivity index (χ3v) is 3.79. The molecule has 1 rings (SSSR count). The lowest BCUT2D eigenvalue weighted by atomic mass is 10.1. The molecule has 0 spiro atoms. The van der Waals surface area contributed by atoms with E-state index in [1.54, 1.807) is 4.88 Å². The molecule has 0 amide bonds. The van der Waals surface area contributed by atoms with Crippen molar-refractivity contribution < 1.29 is 0 Å². The summed E-state index contributed by atoms with van der Waals surface area (Å²) >= 11 is 1.90. The average molecular weight is 224 g/mol.